The minimum absolute atomic E-state index is 0.684. The van der Waals surface area contributed by atoms with E-state index < -0.39 is 0 Å². The van der Waals surface area contributed by atoms with Gasteiger partial charge in [0, 0.05) is 18.8 Å². The first-order valence-corrected chi connectivity index (χ1v) is 4.78. The highest BCUT2D eigenvalue weighted by Gasteiger charge is 1.95. The fourth-order valence-corrected chi connectivity index (χ4v) is 1.06. The molecule has 0 aromatic heterocycles. The molecule has 0 bridgehead atoms. The molecule has 0 aromatic carbocycles. The lowest BCUT2D eigenvalue weighted by Crippen LogP contribution is -2.21. The Kier molecular flexibility index (Phi) is 6.87. The number of nitrogens with one attached hydrogen (secondary N) is 1. The van der Waals surface area contributed by atoms with Crippen LogP contribution in [-0.2, 0) is 0 Å². The second-order valence-corrected chi connectivity index (χ2v) is 3.61. The second-order valence-electron chi connectivity index (χ2n) is 3.61. The van der Waals surface area contributed by atoms with Crippen molar-refractivity contribution in [2.75, 3.05) is 13.1 Å². The molecule has 0 amide bonds. The van der Waals surface area contributed by atoms with Crippen molar-refractivity contribution in [1.82, 2.24) is 5.32 Å². The molecule has 0 unspecified atom stereocenters. The summed E-state index contributed by atoms with van der Waals surface area (Å²) < 4.78 is 0. The van der Waals surface area contributed by atoms with Crippen LogP contribution in [0.4, 0.5) is 0 Å². The van der Waals surface area contributed by atoms with Gasteiger partial charge in [-0.2, -0.15) is 0 Å². The van der Waals surface area contributed by atoms with Crippen LogP contribution in [0.2, 0.25) is 0 Å². The van der Waals surface area contributed by atoms with E-state index in [-0.39, 0.29) is 0 Å². The van der Waals surface area contributed by atoms with Gasteiger partial charge in [0.05, 0.1) is 0 Å². The molecule has 0 spiro atoms. The summed E-state index contributed by atoms with van der Waals surface area (Å²) in [4.78, 5) is 0. The molecule has 0 saturated heterocycles. The quantitative estimate of drug-likeness (QED) is 0.612. The van der Waals surface area contributed by atoms with Crippen LogP contribution >= 0.6 is 0 Å². The van der Waals surface area contributed by atoms with E-state index in [4.69, 9.17) is 5.73 Å². The first kappa shape index (κ1) is 11.5. The van der Waals surface area contributed by atoms with Gasteiger partial charge in [0.15, 0.2) is 0 Å². The molecule has 0 aliphatic heterocycles. The Balaban J connectivity index is 3.20. The van der Waals surface area contributed by atoms with Crippen molar-refractivity contribution >= 4 is 0 Å². The van der Waals surface area contributed by atoms with Gasteiger partial charge in [0.1, 0.15) is 0 Å². The average Bonchev–Trinajstić information content (AvgIpc) is 2.00. The number of rotatable bonds is 7. The molecule has 0 atom stereocenters. The predicted molar refractivity (Wildman–Crippen MR) is 54.9 cm³/mol. The molecule has 0 fully saturated rings. The molecular formula is C10H22N2. The Hall–Kier alpha value is -0.500. The summed E-state index contributed by atoms with van der Waals surface area (Å²) in [6, 6.07) is 0. The Bertz CT molecular complexity index is 119. The van der Waals surface area contributed by atoms with E-state index >= 15 is 0 Å². The van der Waals surface area contributed by atoms with Crippen molar-refractivity contribution in [1.29, 1.82) is 0 Å². The molecule has 0 radical (unpaired) electrons. The van der Waals surface area contributed by atoms with E-state index in [0.717, 1.165) is 24.6 Å². The maximum absolute atomic E-state index is 5.35. The maximum Gasteiger partial charge on any atom is 0.0266 e. The van der Waals surface area contributed by atoms with Crippen LogP contribution in [-0.4, -0.2) is 13.1 Å². The molecule has 2 heteroatoms. The van der Waals surface area contributed by atoms with Gasteiger partial charge in [-0.1, -0.05) is 26.8 Å². The minimum Gasteiger partial charge on any atom is -0.388 e. The lowest BCUT2D eigenvalue weighted by atomic mass is 10.1. The number of hydrogen-bond acceptors (Lipinski definition) is 2. The van der Waals surface area contributed by atoms with E-state index in [1.165, 1.54) is 12.8 Å². The highest BCUT2D eigenvalue weighted by Crippen LogP contribution is 2.08. The normalized spacial score (nSPS) is 10.3. The van der Waals surface area contributed by atoms with Crippen LogP contribution in [0.25, 0.3) is 0 Å². The van der Waals surface area contributed by atoms with Gasteiger partial charge < -0.3 is 11.1 Å². The van der Waals surface area contributed by atoms with Crippen LogP contribution in [0.3, 0.4) is 0 Å². The van der Waals surface area contributed by atoms with Gasteiger partial charge in [-0.3, -0.25) is 0 Å². The largest absolute Gasteiger partial charge is 0.388 e. The van der Waals surface area contributed by atoms with Crippen molar-refractivity contribution in [3.63, 3.8) is 0 Å². The van der Waals surface area contributed by atoms with Crippen molar-refractivity contribution in [2.45, 2.75) is 33.1 Å². The summed E-state index contributed by atoms with van der Waals surface area (Å²) in [5.74, 6) is 0.798. The van der Waals surface area contributed by atoms with Gasteiger partial charge >= 0.3 is 0 Å². The zero-order chi connectivity index (χ0) is 9.40. The zero-order valence-electron chi connectivity index (χ0n) is 8.40. The maximum atomic E-state index is 5.35. The van der Waals surface area contributed by atoms with E-state index in [2.05, 4.69) is 25.7 Å². The first-order chi connectivity index (χ1) is 5.66. The average molecular weight is 170 g/mol. The van der Waals surface area contributed by atoms with Gasteiger partial charge in [0.2, 0.25) is 0 Å². The first-order valence-electron chi connectivity index (χ1n) is 4.78. The summed E-state index contributed by atoms with van der Waals surface area (Å²) in [7, 11) is 0. The summed E-state index contributed by atoms with van der Waals surface area (Å²) in [6.07, 6.45) is 3.59. The minimum atomic E-state index is 0.684. The molecule has 72 valence electrons. The molecule has 0 saturated carbocycles. The highest BCUT2D eigenvalue weighted by atomic mass is 14.9. The van der Waals surface area contributed by atoms with E-state index in [1.54, 1.807) is 0 Å². The van der Waals surface area contributed by atoms with Crippen molar-refractivity contribution in [3.8, 4) is 0 Å². The molecular weight excluding hydrogens is 148 g/mol. The fraction of sp³-hybridized carbons (Fsp3) is 0.800. The van der Waals surface area contributed by atoms with Gasteiger partial charge in [-0.05, 0) is 18.8 Å². The Labute approximate surface area is 76.2 Å². The molecule has 0 aliphatic rings. The van der Waals surface area contributed by atoms with Crippen molar-refractivity contribution in [2.24, 2.45) is 11.7 Å². The second kappa shape index (κ2) is 7.17. The van der Waals surface area contributed by atoms with Crippen LogP contribution in [0, 0.1) is 5.92 Å². The Morgan fingerprint density at radius 2 is 2.17 bits per heavy atom. The van der Waals surface area contributed by atoms with Gasteiger partial charge in [-0.15, -0.1) is 0 Å². The summed E-state index contributed by atoms with van der Waals surface area (Å²) in [5.41, 5.74) is 6.48. The fourth-order valence-electron chi connectivity index (χ4n) is 1.06. The van der Waals surface area contributed by atoms with Gasteiger partial charge in [-0.25, -0.2) is 0 Å². The molecule has 12 heavy (non-hydrogen) atoms. The van der Waals surface area contributed by atoms with E-state index in [1.807, 2.05) is 0 Å². The summed E-state index contributed by atoms with van der Waals surface area (Å²) >= 11 is 0. The molecule has 0 heterocycles. The molecule has 0 rings (SSSR count). The third-order valence-electron chi connectivity index (χ3n) is 1.78. The summed E-state index contributed by atoms with van der Waals surface area (Å²) in [6.45, 7) is 9.95. The Morgan fingerprint density at radius 3 is 2.67 bits per heavy atom. The third-order valence-corrected chi connectivity index (χ3v) is 1.78. The van der Waals surface area contributed by atoms with Gasteiger partial charge in [0.25, 0.3) is 0 Å². The highest BCUT2D eigenvalue weighted by molar-refractivity contribution is 4.90. The van der Waals surface area contributed by atoms with Crippen LogP contribution < -0.4 is 11.1 Å². The predicted octanol–water partition coefficient (Wildman–Crippen LogP) is 1.87. The summed E-state index contributed by atoms with van der Waals surface area (Å²) in [5, 5.41) is 3.19. The number of hydrogen-bond donors (Lipinski definition) is 2. The molecule has 0 aliphatic carbocycles. The topological polar surface area (TPSA) is 38.0 Å². The van der Waals surface area contributed by atoms with E-state index in [9.17, 15) is 0 Å². The SMILES string of the molecule is C=C(CCCC(C)C)NCCN. The molecule has 0 aromatic rings. The van der Waals surface area contributed by atoms with E-state index in [0.29, 0.717) is 6.54 Å². The third kappa shape index (κ3) is 7.61. The van der Waals surface area contributed by atoms with Crippen molar-refractivity contribution < 1.29 is 0 Å². The standard InChI is InChI=1S/C10H22N2/c1-9(2)5-4-6-10(3)12-8-7-11/h9,12H,3-8,11H2,1-2H3. The Morgan fingerprint density at radius 1 is 1.50 bits per heavy atom. The van der Waals surface area contributed by atoms with Crippen LogP contribution in [0.15, 0.2) is 12.3 Å². The number of allylic oxidation sites excluding steroid dienone is 1. The monoisotopic (exact) mass is 170 g/mol. The number of nitrogens with two attached hydrogens (primary N) is 1. The smallest absolute Gasteiger partial charge is 0.0266 e. The molecule has 3 N–H and O–H groups in total. The lowest BCUT2D eigenvalue weighted by molar-refractivity contribution is 0.546. The zero-order valence-corrected chi connectivity index (χ0v) is 8.40. The molecule has 2 nitrogen and oxygen atoms in total. The van der Waals surface area contributed by atoms with Crippen molar-refractivity contribution in [3.05, 3.63) is 12.3 Å². The van der Waals surface area contributed by atoms with Crippen LogP contribution in [0.5, 0.6) is 0 Å². The van der Waals surface area contributed by atoms with Crippen LogP contribution in [0.1, 0.15) is 33.1 Å². The lowest BCUT2D eigenvalue weighted by Gasteiger charge is -2.08.